The van der Waals surface area contributed by atoms with Gasteiger partial charge in [-0.3, -0.25) is 4.79 Å². The van der Waals surface area contributed by atoms with Gasteiger partial charge in [0, 0.05) is 23.9 Å². The van der Waals surface area contributed by atoms with E-state index >= 15 is 0 Å². The van der Waals surface area contributed by atoms with Crippen molar-refractivity contribution in [3.8, 4) is 0 Å². The van der Waals surface area contributed by atoms with Crippen LogP contribution in [0.15, 0.2) is 11.6 Å². The quantitative estimate of drug-likeness (QED) is 0.0876. The first-order valence-corrected chi connectivity index (χ1v) is 22.8. The van der Waals surface area contributed by atoms with E-state index in [-0.39, 0.29) is 39.1 Å². The molecule has 0 saturated heterocycles. The van der Waals surface area contributed by atoms with Crippen molar-refractivity contribution in [2.45, 2.75) is 222 Å². The second-order valence-corrected chi connectivity index (χ2v) is 20.7. The summed E-state index contributed by atoms with van der Waals surface area (Å²) in [7, 11) is 0. The minimum atomic E-state index is -0.00411. The number of carbonyl (C=O) groups is 1. The standard InChI is InChI=1S/C48H84O3/c1-9-10-11-12-13-14-15-16-17-18-19-20-21-22-23-24-42(50)51-41-29-30-45(6)39(44(41,4)5)28-31-47(8)40(45)26-25-38-43-37(3)36(2)27-32-48(43,35-49)34-33-46(38,47)7/h25,36-37,39-41,43,49H,9-24,26-35H2,1-8H3/t36-,37+,39+,40-,41+,43+,45+,46-,47-,48-/m1/s1. The molecule has 5 aliphatic rings. The third kappa shape index (κ3) is 8.11. The van der Waals surface area contributed by atoms with Crippen molar-refractivity contribution in [3.63, 3.8) is 0 Å². The Kier molecular flexibility index (Phi) is 14.0. The first-order chi connectivity index (χ1) is 24.3. The number of fused-ring (bicyclic) bond motifs is 7. The Balaban J connectivity index is 1.09. The summed E-state index contributed by atoms with van der Waals surface area (Å²) in [6.45, 7) is 20.5. The molecule has 5 aliphatic carbocycles. The fourth-order valence-corrected chi connectivity index (χ4v) is 14.0. The Morgan fingerprint density at radius 2 is 1.31 bits per heavy atom. The van der Waals surface area contributed by atoms with Gasteiger partial charge in [0.15, 0.2) is 0 Å². The smallest absolute Gasteiger partial charge is 0.306 e. The molecule has 0 aromatic carbocycles. The monoisotopic (exact) mass is 709 g/mol. The summed E-state index contributed by atoms with van der Waals surface area (Å²) in [5.41, 5.74) is 2.57. The highest BCUT2D eigenvalue weighted by Crippen LogP contribution is 2.75. The van der Waals surface area contributed by atoms with Crippen LogP contribution in [-0.4, -0.2) is 23.8 Å². The first-order valence-electron chi connectivity index (χ1n) is 22.8. The third-order valence-electron chi connectivity index (χ3n) is 17.7. The number of ether oxygens (including phenoxy) is 1. The Hall–Kier alpha value is -0.830. The van der Waals surface area contributed by atoms with Gasteiger partial charge in [0.2, 0.25) is 0 Å². The van der Waals surface area contributed by atoms with E-state index in [1.165, 1.54) is 135 Å². The second-order valence-electron chi connectivity index (χ2n) is 20.7. The fourth-order valence-electron chi connectivity index (χ4n) is 14.0. The van der Waals surface area contributed by atoms with Crippen molar-refractivity contribution in [2.24, 2.45) is 56.7 Å². The normalized spacial score (nSPS) is 40.0. The van der Waals surface area contributed by atoms with E-state index in [0.29, 0.717) is 36.7 Å². The summed E-state index contributed by atoms with van der Waals surface area (Å²) < 4.78 is 6.42. The minimum Gasteiger partial charge on any atom is -0.462 e. The average molecular weight is 709 g/mol. The molecule has 0 bridgehead atoms. The molecule has 1 N–H and O–H groups in total. The molecule has 51 heavy (non-hydrogen) atoms. The van der Waals surface area contributed by atoms with Crippen LogP contribution >= 0.6 is 0 Å². The van der Waals surface area contributed by atoms with Gasteiger partial charge in [-0.2, -0.15) is 0 Å². The van der Waals surface area contributed by atoms with Crippen LogP contribution in [0.5, 0.6) is 0 Å². The molecule has 0 spiro atoms. The molecule has 10 atom stereocenters. The van der Waals surface area contributed by atoms with Crippen molar-refractivity contribution >= 4 is 5.97 Å². The van der Waals surface area contributed by atoms with Gasteiger partial charge in [0.25, 0.3) is 0 Å². The fraction of sp³-hybridized carbons (Fsp3) is 0.938. The molecular weight excluding hydrogens is 625 g/mol. The maximum atomic E-state index is 13.2. The number of unbranched alkanes of at least 4 members (excludes halogenated alkanes) is 14. The van der Waals surface area contributed by atoms with Crippen LogP contribution in [-0.2, 0) is 9.53 Å². The van der Waals surface area contributed by atoms with E-state index in [9.17, 15) is 9.90 Å². The molecule has 0 heterocycles. The van der Waals surface area contributed by atoms with E-state index < -0.39 is 0 Å². The van der Waals surface area contributed by atoms with Crippen molar-refractivity contribution in [1.29, 1.82) is 0 Å². The van der Waals surface area contributed by atoms with E-state index in [0.717, 1.165) is 25.2 Å². The van der Waals surface area contributed by atoms with Crippen LogP contribution in [0, 0.1) is 56.7 Å². The molecule has 3 heteroatoms. The van der Waals surface area contributed by atoms with Gasteiger partial charge in [-0.25, -0.2) is 0 Å². The number of rotatable bonds is 18. The van der Waals surface area contributed by atoms with Crippen LogP contribution in [0.4, 0.5) is 0 Å². The number of aliphatic hydroxyl groups excluding tert-OH is 1. The molecule has 0 radical (unpaired) electrons. The number of hydrogen-bond donors (Lipinski definition) is 1. The summed E-state index contributed by atoms with van der Waals surface area (Å²) in [5, 5.41) is 10.9. The molecule has 3 nitrogen and oxygen atoms in total. The Morgan fingerprint density at radius 1 is 0.725 bits per heavy atom. The molecule has 4 fully saturated rings. The Bertz CT molecular complexity index is 1160. The largest absolute Gasteiger partial charge is 0.462 e. The van der Waals surface area contributed by atoms with Gasteiger partial charge in [-0.1, -0.05) is 157 Å². The summed E-state index contributed by atoms with van der Waals surface area (Å²) >= 11 is 0. The van der Waals surface area contributed by atoms with Crippen LogP contribution in [0.2, 0.25) is 0 Å². The van der Waals surface area contributed by atoms with Gasteiger partial charge in [-0.15, -0.1) is 0 Å². The van der Waals surface area contributed by atoms with Crippen molar-refractivity contribution < 1.29 is 14.6 Å². The Morgan fingerprint density at radius 3 is 1.90 bits per heavy atom. The SMILES string of the molecule is CCCCCCCCCCCCCCCCCC(=O)O[C@H]1CC[C@]2(C)[C@H]3CC=C4[C@@H]5[C@@H](C)[C@H](C)CC[C@]5(CO)CC[C@@]4(C)[C@]3(C)CC[C@H]2C1(C)C. The summed E-state index contributed by atoms with van der Waals surface area (Å²) in [6.07, 6.45) is 34.3. The van der Waals surface area contributed by atoms with Crippen LogP contribution in [0.1, 0.15) is 216 Å². The minimum absolute atomic E-state index is 0.00411. The van der Waals surface area contributed by atoms with E-state index in [1.54, 1.807) is 5.57 Å². The zero-order valence-corrected chi connectivity index (χ0v) is 35.2. The lowest BCUT2D eigenvalue weighted by atomic mass is 9.33. The lowest BCUT2D eigenvalue weighted by Crippen LogP contribution is -2.65. The van der Waals surface area contributed by atoms with Gasteiger partial charge in [0.05, 0.1) is 0 Å². The van der Waals surface area contributed by atoms with Crippen molar-refractivity contribution in [2.75, 3.05) is 6.61 Å². The molecule has 0 aromatic heterocycles. The first kappa shape index (κ1) is 41.3. The molecule has 0 amide bonds. The predicted octanol–water partition coefficient (Wildman–Crippen LogP) is 13.8. The highest BCUT2D eigenvalue weighted by Gasteiger charge is 2.68. The third-order valence-corrected chi connectivity index (χ3v) is 17.7. The van der Waals surface area contributed by atoms with E-state index in [4.69, 9.17) is 4.74 Å². The molecule has 0 aliphatic heterocycles. The maximum absolute atomic E-state index is 13.2. The van der Waals surface area contributed by atoms with Crippen LogP contribution in [0.3, 0.4) is 0 Å². The summed E-state index contributed by atoms with van der Waals surface area (Å²) in [5.74, 6) is 3.19. The van der Waals surface area contributed by atoms with Gasteiger partial charge in [0.1, 0.15) is 6.10 Å². The van der Waals surface area contributed by atoms with Crippen molar-refractivity contribution in [1.82, 2.24) is 0 Å². The van der Waals surface area contributed by atoms with Crippen LogP contribution < -0.4 is 0 Å². The highest BCUT2D eigenvalue weighted by molar-refractivity contribution is 5.69. The highest BCUT2D eigenvalue weighted by atomic mass is 16.5. The lowest BCUT2D eigenvalue weighted by molar-refractivity contribution is -0.214. The number of aliphatic hydroxyl groups is 1. The molecule has 0 unspecified atom stereocenters. The van der Waals surface area contributed by atoms with Crippen LogP contribution in [0.25, 0.3) is 0 Å². The van der Waals surface area contributed by atoms with Gasteiger partial charge >= 0.3 is 5.97 Å². The molecule has 5 rings (SSSR count). The maximum Gasteiger partial charge on any atom is 0.306 e. The number of allylic oxidation sites excluding steroid dienone is 2. The number of carbonyl (C=O) groups excluding carboxylic acids is 1. The topological polar surface area (TPSA) is 46.5 Å². The zero-order chi connectivity index (χ0) is 36.9. The van der Waals surface area contributed by atoms with Crippen molar-refractivity contribution in [3.05, 3.63) is 11.6 Å². The average Bonchev–Trinajstić information content (AvgIpc) is 3.09. The predicted molar refractivity (Wildman–Crippen MR) is 215 cm³/mol. The zero-order valence-electron chi connectivity index (χ0n) is 35.2. The lowest BCUT2D eigenvalue weighted by Gasteiger charge is -2.71. The van der Waals surface area contributed by atoms with Gasteiger partial charge < -0.3 is 9.84 Å². The summed E-state index contributed by atoms with van der Waals surface area (Å²) in [4.78, 5) is 13.2. The van der Waals surface area contributed by atoms with E-state index in [2.05, 4.69) is 61.5 Å². The second kappa shape index (κ2) is 17.3. The number of esters is 1. The summed E-state index contributed by atoms with van der Waals surface area (Å²) in [6, 6.07) is 0. The molecule has 0 aromatic rings. The molecule has 294 valence electrons. The van der Waals surface area contributed by atoms with Gasteiger partial charge in [-0.05, 0) is 110 Å². The molecule has 4 saturated carbocycles. The number of hydrogen-bond acceptors (Lipinski definition) is 3. The van der Waals surface area contributed by atoms with E-state index in [1.807, 2.05) is 0 Å². The Labute approximate surface area is 316 Å². The molecular formula is C48H84O3.